The Balaban J connectivity index is 1.44. The number of halogens is 1. The molecule has 2 aliphatic rings. The fraction of sp³-hybridized carbons (Fsp3) is 0.419. The number of piperidine rings is 1. The molecule has 0 atom stereocenters. The molecular weight excluding hydrogens is 620 g/mol. The van der Waals surface area contributed by atoms with E-state index in [1.807, 2.05) is 13.8 Å². The molecule has 2 amide bonds. The van der Waals surface area contributed by atoms with Crippen LogP contribution < -0.4 is 15.4 Å². The molecule has 1 saturated heterocycles. The highest BCUT2D eigenvalue weighted by Crippen LogP contribution is 2.38. The van der Waals surface area contributed by atoms with Crippen molar-refractivity contribution in [1.82, 2.24) is 19.8 Å². The van der Waals surface area contributed by atoms with E-state index in [-0.39, 0.29) is 63.4 Å². The van der Waals surface area contributed by atoms with Crippen LogP contribution in [0.1, 0.15) is 61.3 Å². The number of amides is 2. The van der Waals surface area contributed by atoms with Gasteiger partial charge in [0.25, 0.3) is 11.8 Å². The van der Waals surface area contributed by atoms with Crippen LogP contribution in [-0.2, 0) is 9.84 Å². The Kier molecular flexibility index (Phi) is 9.63. The fourth-order valence-corrected chi connectivity index (χ4v) is 6.78. The predicted molar refractivity (Wildman–Crippen MR) is 172 cm³/mol. The van der Waals surface area contributed by atoms with E-state index in [0.717, 1.165) is 0 Å². The molecule has 240 valence electrons. The number of benzene rings is 2. The molecule has 2 aromatic carbocycles. The number of aliphatic hydroxyl groups is 1. The summed E-state index contributed by atoms with van der Waals surface area (Å²) in [6.07, 6.45) is 2.38. The molecule has 1 fully saturated rings. The van der Waals surface area contributed by atoms with E-state index in [4.69, 9.17) is 16.3 Å². The van der Waals surface area contributed by atoms with Gasteiger partial charge in [-0.2, -0.15) is 4.98 Å². The number of fused-ring (bicyclic) bond motifs is 1. The number of hydrogen-bond acceptors (Lipinski definition) is 11. The van der Waals surface area contributed by atoms with E-state index >= 15 is 0 Å². The van der Waals surface area contributed by atoms with Crippen LogP contribution in [0.25, 0.3) is 0 Å². The third kappa shape index (κ3) is 6.76. The summed E-state index contributed by atoms with van der Waals surface area (Å²) in [7, 11) is -3.61. The summed E-state index contributed by atoms with van der Waals surface area (Å²) in [4.78, 5) is 39.4. The summed E-state index contributed by atoms with van der Waals surface area (Å²) < 4.78 is 32.0. The van der Waals surface area contributed by atoms with Crippen molar-refractivity contribution in [3.05, 3.63) is 58.7 Å². The van der Waals surface area contributed by atoms with Crippen molar-refractivity contribution in [3.63, 3.8) is 0 Å². The topological polar surface area (TPSA) is 154 Å². The maximum Gasteiger partial charge on any atom is 0.261 e. The summed E-state index contributed by atoms with van der Waals surface area (Å²) in [5.41, 5.74) is 1.20. The third-order valence-corrected chi connectivity index (χ3v) is 10.3. The summed E-state index contributed by atoms with van der Waals surface area (Å²) in [6.45, 7) is 8.91. The van der Waals surface area contributed by atoms with Crippen LogP contribution in [0.2, 0.25) is 5.02 Å². The molecule has 45 heavy (non-hydrogen) atoms. The van der Waals surface area contributed by atoms with E-state index in [9.17, 15) is 23.1 Å². The molecule has 0 radical (unpaired) electrons. The lowest BCUT2D eigenvalue weighted by Gasteiger charge is -2.35. The molecule has 3 N–H and O–H groups in total. The van der Waals surface area contributed by atoms with Crippen LogP contribution in [0.15, 0.2) is 47.5 Å². The molecule has 14 heteroatoms. The standard InChI is InChI=1S/C31H37ClN6O6S/c1-18(2)44-26-16-22-21(29(40)38(30(22)41)20-9-11-37(12-10-20)13-14-39)15-25(26)35-31-33-17-23(32)28(36-31)34-24-7-5-6-8-27(24)45(42,43)19(3)4/h5-8,15-20,39H,9-14H2,1-4H3,(H2,33,34,35,36). The Bertz CT molecular complexity index is 1710. The molecule has 0 unspecified atom stereocenters. The number of aliphatic hydroxyl groups excluding tert-OH is 1. The Labute approximate surface area is 267 Å². The molecule has 0 saturated carbocycles. The number of aromatic nitrogens is 2. The van der Waals surface area contributed by atoms with Gasteiger partial charge in [-0.15, -0.1) is 0 Å². The Morgan fingerprint density at radius 1 is 1.02 bits per heavy atom. The number of imide groups is 1. The zero-order chi connectivity index (χ0) is 32.5. The van der Waals surface area contributed by atoms with Crippen LogP contribution in [0.4, 0.5) is 23.1 Å². The first-order valence-corrected chi connectivity index (χ1v) is 16.8. The molecule has 0 bridgehead atoms. The molecule has 0 aliphatic carbocycles. The van der Waals surface area contributed by atoms with Gasteiger partial charge in [0.2, 0.25) is 5.95 Å². The zero-order valence-electron chi connectivity index (χ0n) is 25.6. The highest BCUT2D eigenvalue weighted by Gasteiger charge is 2.42. The molecule has 0 spiro atoms. The van der Waals surface area contributed by atoms with Crippen LogP contribution in [0.3, 0.4) is 0 Å². The van der Waals surface area contributed by atoms with E-state index < -0.39 is 15.1 Å². The van der Waals surface area contributed by atoms with E-state index in [2.05, 4.69) is 25.5 Å². The van der Waals surface area contributed by atoms with Gasteiger partial charge in [-0.05, 0) is 64.8 Å². The molecule has 2 aliphatic heterocycles. The summed E-state index contributed by atoms with van der Waals surface area (Å²) >= 11 is 6.41. The molecular formula is C31H37ClN6O6S. The average molecular weight is 657 g/mol. The number of carbonyl (C=O) groups excluding carboxylic acids is 2. The van der Waals surface area contributed by atoms with Crippen LogP contribution in [0, 0.1) is 0 Å². The average Bonchev–Trinajstić information content (AvgIpc) is 3.23. The summed E-state index contributed by atoms with van der Waals surface area (Å²) in [5.74, 6) is -0.134. The van der Waals surface area contributed by atoms with Gasteiger partial charge in [0.05, 0.1) is 51.6 Å². The van der Waals surface area contributed by atoms with Gasteiger partial charge in [-0.1, -0.05) is 23.7 Å². The Hall–Kier alpha value is -3.78. The minimum Gasteiger partial charge on any atom is -0.489 e. The number of rotatable bonds is 11. The second kappa shape index (κ2) is 13.3. The van der Waals surface area contributed by atoms with Crippen molar-refractivity contribution in [1.29, 1.82) is 0 Å². The van der Waals surface area contributed by atoms with Crippen LogP contribution in [-0.4, -0.2) is 88.7 Å². The maximum absolute atomic E-state index is 13.6. The minimum absolute atomic E-state index is 0.0638. The number of sulfone groups is 1. The monoisotopic (exact) mass is 656 g/mol. The number of carbonyl (C=O) groups is 2. The molecule has 5 rings (SSSR count). The Morgan fingerprint density at radius 2 is 1.69 bits per heavy atom. The van der Waals surface area contributed by atoms with E-state index in [0.29, 0.717) is 49.6 Å². The van der Waals surface area contributed by atoms with Crippen molar-refractivity contribution >= 4 is 56.4 Å². The van der Waals surface area contributed by atoms with Gasteiger partial charge in [-0.3, -0.25) is 14.5 Å². The van der Waals surface area contributed by atoms with Crippen molar-refractivity contribution in [2.24, 2.45) is 0 Å². The molecule has 1 aromatic heterocycles. The second-order valence-corrected chi connectivity index (χ2v) is 14.4. The van der Waals surface area contributed by atoms with Gasteiger partial charge in [0, 0.05) is 25.7 Å². The fourth-order valence-electron chi connectivity index (χ4n) is 5.44. The van der Waals surface area contributed by atoms with Crippen molar-refractivity contribution in [2.75, 3.05) is 36.9 Å². The Morgan fingerprint density at radius 3 is 2.33 bits per heavy atom. The van der Waals surface area contributed by atoms with Crippen molar-refractivity contribution in [2.45, 2.75) is 62.8 Å². The smallest absolute Gasteiger partial charge is 0.261 e. The van der Waals surface area contributed by atoms with Gasteiger partial charge < -0.3 is 25.4 Å². The number of likely N-dealkylation sites (tertiary alicyclic amines) is 1. The lowest BCUT2D eigenvalue weighted by molar-refractivity contribution is 0.0490. The first kappa shape index (κ1) is 32.6. The summed E-state index contributed by atoms with van der Waals surface area (Å²) in [6, 6.07) is 9.40. The predicted octanol–water partition coefficient (Wildman–Crippen LogP) is 4.64. The first-order valence-electron chi connectivity index (χ1n) is 14.9. The molecule has 12 nitrogen and oxygen atoms in total. The number of β-amino-alcohol motifs (C(OH)–C–C–N with tert-alkyl or cyclic N) is 1. The van der Waals surface area contributed by atoms with Crippen molar-refractivity contribution in [3.8, 4) is 5.75 Å². The van der Waals surface area contributed by atoms with E-state index in [1.165, 1.54) is 17.2 Å². The maximum atomic E-state index is 13.6. The summed E-state index contributed by atoms with van der Waals surface area (Å²) in [5, 5.41) is 14.9. The zero-order valence-corrected chi connectivity index (χ0v) is 27.2. The van der Waals surface area contributed by atoms with Crippen molar-refractivity contribution < 1.29 is 27.9 Å². The highest BCUT2D eigenvalue weighted by molar-refractivity contribution is 7.92. The lowest BCUT2D eigenvalue weighted by atomic mass is 10.0. The van der Waals surface area contributed by atoms with E-state index in [1.54, 1.807) is 44.2 Å². The quantitative estimate of drug-likeness (QED) is 0.247. The van der Waals surface area contributed by atoms with Crippen LogP contribution >= 0.6 is 11.6 Å². The number of nitrogens with one attached hydrogen (secondary N) is 2. The van der Waals surface area contributed by atoms with Gasteiger partial charge in [0.1, 0.15) is 10.8 Å². The van der Waals surface area contributed by atoms with Gasteiger partial charge in [0.15, 0.2) is 15.7 Å². The lowest BCUT2D eigenvalue weighted by Crippen LogP contribution is -2.47. The van der Waals surface area contributed by atoms with Crippen LogP contribution in [0.5, 0.6) is 5.75 Å². The van der Waals surface area contributed by atoms with Gasteiger partial charge in [-0.25, -0.2) is 13.4 Å². The SMILES string of the molecule is CC(C)Oc1cc2c(cc1Nc1ncc(Cl)c(Nc3ccccc3S(=O)(=O)C(C)C)n1)C(=O)N(C1CCN(CCO)CC1)C2=O. The molecule has 3 aromatic rings. The number of anilines is 4. The largest absolute Gasteiger partial charge is 0.489 e. The number of para-hydroxylation sites is 1. The van der Waals surface area contributed by atoms with Gasteiger partial charge >= 0.3 is 0 Å². The second-order valence-electron chi connectivity index (χ2n) is 11.6. The number of hydrogen-bond donors (Lipinski definition) is 3. The normalized spacial score (nSPS) is 16.0. The number of nitrogens with zero attached hydrogens (tertiary/aromatic N) is 4. The third-order valence-electron chi connectivity index (χ3n) is 7.78. The molecule has 3 heterocycles. The highest BCUT2D eigenvalue weighted by atomic mass is 35.5. The number of ether oxygens (including phenoxy) is 1. The first-order chi connectivity index (χ1) is 21.4. The minimum atomic E-state index is -3.61.